The number of aldehydes is 2. The van der Waals surface area contributed by atoms with Crippen LogP contribution in [-0.4, -0.2) is 166 Å². The zero-order valence-electron chi connectivity index (χ0n) is 95.9. The summed E-state index contributed by atoms with van der Waals surface area (Å²) in [6, 6.07) is 0. The van der Waals surface area contributed by atoms with Crippen LogP contribution in [0.4, 0.5) is 0 Å². The number of Topliss-reactive ketones (excluding diaryl/α,β-unsaturated/α-hetero) is 2. The number of allylic oxidation sites excluding steroid dienone is 8. The molecule has 0 aromatic rings. The Hall–Kier alpha value is -7.84. The van der Waals surface area contributed by atoms with Crippen LogP contribution >= 0.6 is 0 Å². The van der Waals surface area contributed by atoms with E-state index in [-0.39, 0.29) is 117 Å². The summed E-state index contributed by atoms with van der Waals surface area (Å²) in [4.78, 5) is 157. The quantitative estimate of drug-likeness (QED) is 0.00822. The second-order valence-corrected chi connectivity index (χ2v) is 42.9. The third-order valence-electron chi connectivity index (χ3n) is 28.9. The fourth-order valence-electron chi connectivity index (χ4n) is 20.4. The summed E-state index contributed by atoms with van der Waals surface area (Å²) in [5.41, 5.74) is 14.7. The summed E-state index contributed by atoms with van der Waals surface area (Å²) in [6.07, 6.45) is 68.8. The van der Waals surface area contributed by atoms with Crippen LogP contribution in [0.5, 0.6) is 0 Å². The average Bonchev–Trinajstić information content (AvgIpc) is 0.836. The second-order valence-electron chi connectivity index (χ2n) is 42.9. The maximum Gasteiger partial charge on any atom is 0.223 e. The maximum absolute atomic E-state index is 13.4. The van der Waals surface area contributed by atoms with Gasteiger partial charge in [0.15, 0.2) is 0 Å². The van der Waals surface area contributed by atoms with Crippen LogP contribution < -0.4 is 31.9 Å². The Balaban J connectivity index is -0.00000252. The predicted octanol–water partition coefficient (Wildman–Crippen LogP) is 27.5. The van der Waals surface area contributed by atoms with Gasteiger partial charge in [0, 0.05) is 129 Å². The highest BCUT2D eigenvalue weighted by Gasteiger charge is 2.32. The first-order valence-corrected chi connectivity index (χ1v) is 57.3. The van der Waals surface area contributed by atoms with E-state index in [2.05, 4.69) is 148 Å². The summed E-state index contributed by atoms with van der Waals surface area (Å²) in [5.74, 6) is -0.651. The van der Waals surface area contributed by atoms with Crippen LogP contribution in [0.1, 0.15) is 482 Å². The van der Waals surface area contributed by atoms with Gasteiger partial charge in [-0.1, -0.05) is 229 Å². The summed E-state index contributed by atoms with van der Waals surface area (Å²) in [6.45, 7) is 51.7. The van der Waals surface area contributed by atoms with Crippen LogP contribution in [0.15, 0.2) is 95.6 Å². The number of hydrogen-bond donors (Lipinski definition) is 6. The van der Waals surface area contributed by atoms with E-state index in [1.807, 2.05) is 13.6 Å². The molecule has 6 N–H and O–H groups in total. The molecule has 0 aliphatic heterocycles. The highest BCUT2D eigenvalue weighted by atomic mass is 17.2. The van der Waals surface area contributed by atoms with Crippen molar-refractivity contribution in [2.24, 2.45) is 33.5 Å². The highest BCUT2D eigenvalue weighted by molar-refractivity contribution is 5.87. The number of hydrogen-bond acceptors (Lipinski definition) is 19. The number of carbonyl (C=O) groups is 12. The minimum atomic E-state index is -0.387. The van der Waals surface area contributed by atoms with Crippen LogP contribution in [0.2, 0.25) is 0 Å². The Kier molecular flexibility index (Phi) is 95.2. The number of ether oxygens (including phenoxy) is 3. The van der Waals surface area contributed by atoms with Gasteiger partial charge in [-0.25, -0.2) is 0 Å². The Morgan fingerprint density at radius 1 is 0.327 bits per heavy atom. The molecule has 0 saturated heterocycles. The lowest BCUT2D eigenvalue weighted by atomic mass is 9.71. The molecule has 0 spiro atoms. The summed E-state index contributed by atoms with van der Waals surface area (Å²) >= 11 is 0. The molecular weight excluding hydrogens is 1850 g/mol. The van der Waals surface area contributed by atoms with Gasteiger partial charge in [-0.3, -0.25) is 38.4 Å². The van der Waals surface area contributed by atoms with Crippen molar-refractivity contribution in [1.29, 1.82) is 0 Å². The van der Waals surface area contributed by atoms with E-state index < -0.39 is 0 Å². The number of amides is 6. The monoisotopic (exact) mass is 2070 g/mol. The van der Waals surface area contributed by atoms with Crippen LogP contribution in [-0.2, 0) is 91.3 Å². The fraction of sp³-hybridized carbons (Fsp3) is 0.770. The molecule has 0 fully saturated rings. The van der Waals surface area contributed by atoms with Gasteiger partial charge < -0.3 is 75.1 Å². The van der Waals surface area contributed by atoms with E-state index >= 15 is 0 Å². The summed E-state index contributed by atoms with van der Waals surface area (Å²) in [7, 11) is 1.59. The lowest BCUT2D eigenvalue weighted by Gasteiger charge is -2.34. The van der Waals surface area contributed by atoms with Gasteiger partial charge in [-0.2, -0.15) is 9.78 Å². The van der Waals surface area contributed by atoms with E-state index in [0.29, 0.717) is 132 Å². The number of unbranched alkanes of at least 4 members (excludes halogenated alkanes) is 26. The molecule has 4 rings (SSSR count). The van der Waals surface area contributed by atoms with E-state index in [4.69, 9.17) is 43.3 Å². The molecule has 4 aliphatic carbocycles. The predicted molar refractivity (Wildman–Crippen MR) is 603 cm³/mol. The van der Waals surface area contributed by atoms with Gasteiger partial charge >= 0.3 is 0 Å². The van der Waals surface area contributed by atoms with Crippen molar-refractivity contribution in [3.63, 3.8) is 0 Å². The second kappa shape index (κ2) is 97.6. The van der Waals surface area contributed by atoms with Gasteiger partial charge in [0.05, 0.1) is 26.4 Å². The van der Waals surface area contributed by atoms with Crippen molar-refractivity contribution in [2.45, 2.75) is 482 Å². The number of ketones is 2. The molecule has 848 valence electrons. The summed E-state index contributed by atoms with van der Waals surface area (Å²) < 4.78 is 15.9. The summed E-state index contributed by atoms with van der Waals surface area (Å²) in [5, 5.41) is 17.7. The number of nitrogens with one attached hydrogen (secondary N) is 6. The molecule has 0 bridgehead atoms. The van der Waals surface area contributed by atoms with Crippen LogP contribution in [0, 0.1) is 33.5 Å². The first-order chi connectivity index (χ1) is 70.9. The minimum absolute atomic E-state index is 0.0439. The van der Waals surface area contributed by atoms with Crippen molar-refractivity contribution in [2.75, 3.05) is 92.6 Å². The van der Waals surface area contributed by atoms with Crippen molar-refractivity contribution in [3.05, 3.63) is 95.6 Å². The minimum Gasteiger partial charge on any atom is -0.382 e. The van der Waals surface area contributed by atoms with Crippen LogP contribution in [0.25, 0.3) is 0 Å². The Morgan fingerprint density at radius 2 is 0.626 bits per heavy atom. The Labute approximate surface area is 894 Å². The molecule has 6 amide bonds. The molecule has 2 unspecified atom stereocenters. The van der Waals surface area contributed by atoms with E-state index in [0.717, 1.165) is 128 Å². The molecule has 25 nitrogen and oxygen atoms in total. The van der Waals surface area contributed by atoms with Gasteiger partial charge in [0.25, 0.3) is 0 Å². The molecule has 0 aromatic heterocycles. The topological polar surface area (TPSA) is 342 Å². The lowest BCUT2D eigenvalue weighted by molar-refractivity contribution is -0.255. The van der Waals surface area contributed by atoms with Crippen LogP contribution in [0.3, 0.4) is 0 Å². The van der Waals surface area contributed by atoms with E-state index in [1.54, 1.807) is 63.8 Å². The zero-order valence-corrected chi connectivity index (χ0v) is 95.9. The fourth-order valence-corrected chi connectivity index (χ4v) is 20.4. The van der Waals surface area contributed by atoms with Gasteiger partial charge in [-0.15, -0.1) is 26.3 Å². The molecule has 4 aliphatic rings. The molecule has 0 saturated carbocycles. The van der Waals surface area contributed by atoms with Gasteiger partial charge in [0.1, 0.15) is 63.5 Å². The zero-order chi connectivity index (χ0) is 110. The third-order valence-corrected chi connectivity index (χ3v) is 28.9. The SMILES string of the molecule is C=C.C=C.C=O.C=O.CCCCNC(=O)CCOCCC(=O)NC/C=C\OOCCOCCCNC(=O)C(CCCCNC(=O)CCCCCCCCC1=C(C)CCCC1(C)C)CC(=O)CCCCCCCCC1=C(C)CCCC1(C)C.COCCOO/C=C\CNC(=O)C(CCCCNC(=O)CCCCCCCCC1=C(C)CCCC1(C)C)CC(=O)CCCCCCCCC1=C(C)CCCC1(C)C.O=CCCCCC=O. The Bertz CT molecular complexity index is 3600. The smallest absolute Gasteiger partial charge is 0.223 e. The first kappa shape index (κ1) is 143. The average molecular weight is 2070 g/mol. The van der Waals surface area contributed by atoms with Crippen molar-refractivity contribution < 1.29 is 91.3 Å². The highest BCUT2D eigenvalue weighted by Crippen LogP contribution is 2.46. The standard InChI is InChI=1S/C61H108N4O9.C49H86N2O6.C6H10O2.2C2H4.2CH2O/c1-8-9-39-62-57(68)35-45-72-46-36-58(69)64-41-27-44-73-74-48-47-71-43-26-42-65-59(70)52(49-53(66)31-18-14-10-11-15-19-32-54-50(2)28-24-37-60(54,4)5)30-22-23-40-63-56(67)34-21-17-13-12-16-20-33-55-51(3)29-25-38-61(55,6)7;1-40-25-22-32-48(3,4)44(40)29-17-13-9-8-12-16-28-43(52)39-42(47(54)51-35-24-36-56-57-38-37-55-7)27-20-21-34-50-46(53)31-19-15-11-10-14-18-30-45-41(2)26-23-33-49(45,5)6;7-5-3-1-2-4-6-8;4*1-2/h27,44,52H,8-26,28-43,45-49H2,1-7H3,(H,62,68)(H,63,67)(H,64,69)(H,65,70);24,36,42H,8-23,25-35,37-39H2,1-7H3,(H,50,53)(H,51,54);5-6H,1-4H2;2*1-2H2;2*1H2/b44-27-;36-24-;;;;;. The van der Waals surface area contributed by atoms with Crippen molar-refractivity contribution >= 4 is 73.2 Å². The molecule has 25 heteroatoms. The van der Waals surface area contributed by atoms with Crippen molar-refractivity contribution in [3.8, 4) is 0 Å². The maximum atomic E-state index is 13.4. The molecular formula is C122H216N6O19. The first-order valence-electron chi connectivity index (χ1n) is 57.3. The Morgan fingerprint density at radius 3 is 0.973 bits per heavy atom. The van der Waals surface area contributed by atoms with E-state index in [1.165, 1.54) is 205 Å². The van der Waals surface area contributed by atoms with Gasteiger partial charge in [-0.05, 0) is 267 Å². The largest absolute Gasteiger partial charge is 0.382 e. The number of rotatable bonds is 84. The lowest BCUT2D eigenvalue weighted by Crippen LogP contribution is -2.33. The van der Waals surface area contributed by atoms with Crippen molar-refractivity contribution in [1.82, 2.24) is 31.9 Å². The molecule has 0 radical (unpaired) electrons. The third kappa shape index (κ3) is 78.9. The molecule has 0 heterocycles. The van der Waals surface area contributed by atoms with Gasteiger partial charge in [0.2, 0.25) is 35.4 Å². The molecule has 0 aromatic carbocycles. The van der Waals surface area contributed by atoms with E-state index in [9.17, 15) is 47.9 Å². The number of carbonyl (C=O) groups excluding carboxylic acids is 12. The molecule has 147 heavy (non-hydrogen) atoms. The molecule has 2 atom stereocenters. The number of methoxy groups -OCH3 is 1. The normalized spacial score (nSPS) is 15.2.